The van der Waals surface area contributed by atoms with E-state index in [0.717, 1.165) is 16.0 Å². The second kappa shape index (κ2) is 8.38. The molecule has 8 heteroatoms. The number of nitrogens with zero attached hydrogens (tertiary/aromatic N) is 3. The maximum atomic E-state index is 13.1. The Hall–Kier alpha value is -3.62. The van der Waals surface area contributed by atoms with E-state index in [1.807, 2.05) is 36.4 Å². The zero-order valence-electron chi connectivity index (χ0n) is 17.7. The highest BCUT2D eigenvalue weighted by Crippen LogP contribution is 2.27. The molecule has 0 saturated carbocycles. The number of carbonyl (C=O) groups excluding carboxylic acids is 2. The van der Waals surface area contributed by atoms with E-state index in [2.05, 4.69) is 4.98 Å². The van der Waals surface area contributed by atoms with Crippen molar-refractivity contribution >= 4 is 27.4 Å². The van der Waals surface area contributed by atoms with Gasteiger partial charge in [-0.3, -0.25) is 19.5 Å². The number of aromatic nitrogens is 1. The topological polar surface area (TPSA) is 87.6 Å². The van der Waals surface area contributed by atoms with Crippen LogP contribution in [0.2, 0.25) is 0 Å². The molecule has 2 aliphatic heterocycles. The van der Waals surface area contributed by atoms with Crippen LogP contribution in [0, 0.1) is 0 Å². The number of sulfonamides is 1. The fourth-order valence-electron chi connectivity index (χ4n) is 4.14. The molecule has 0 radical (unpaired) electrons. The molecule has 0 N–H and O–H groups in total. The molecular formula is C25H21N3O4S. The zero-order valence-corrected chi connectivity index (χ0v) is 18.5. The molecule has 0 aliphatic carbocycles. The minimum absolute atomic E-state index is 0.0568. The summed E-state index contributed by atoms with van der Waals surface area (Å²) < 4.78 is 27.7. The van der Waals surface area contributed by atoms with Gasteiger partial charge < -0.3 is 0 Å². The Morgan fingerprint density at radius 1 is 0.879 bits per heavy atom. The number of fused-ring (bicyclic) bond motifs is 1. The number of benzene rings is 2. The van der Waals surface area contributed by atoms with Crippen LogP contribution in [0.1, 0.15) is 38.4 Å². The summed E-state index contributed by atoms with van der Waals surface area (Å²) in [4.78, 5) is 30.4. The van der Waals surface area contributed by atoms with Gasteiger partial charge in [-0.2, -0.15) is 4.31 Å². The summed E-state index contributed by atoms with van der Waals surface area (Å²) >= 11 is 0. The summed E-state index contributed by atoms with van der Waals surface area (Å²) in [7, 11) is -3.65. The molecule has 3 aromatic rings. The highest BCUT2D eigenvalue weighted by Gasteiger charge is 2.36. The van der Waals surface area contributed by atoms with Crippen molar-refractivity contribution < 1.29 is 18.0 Å². The van der Waals surface area contributed by atoms with Gasteiger partial charge in [0.2, 0.25) is 10.0 Å². The van der Waals surface area contributed by atoms with Crippen molar-refractivity contribution in [1.82, 2.24) is 14.2 Å². The van der Waals surface area contributed by atoms with Crippen molar-refractivity contribution in [3.05, 3.63) is 101 Å². The predicted molar refractivity (Wildman–Crippen MR) is 123 cm³/mol. The van der Waals surface area contributed by atoms with Crippen molar-refractivity contribution in [2.45, 2.75) is 17.9 Å². The van der Waals surface area contributed by atoms with E-state index >= 15 is 0 Å². The lowest BCUT2D eigenvalue weighted by Crippen LogP contribution is -2.34. The van der Waals surface area contributed by atoms with Crippen LogP contribution in [0.4, 0.5) is 0 Å². The lowest BCUT2D eigenvalue weighted by Gasteiger charge is -2.26. The van der Waals surface area contributed by atoms with Gasteiger partial charge in [-0.25, -0.2) is 8.42 Å². The highest BCUT2D eigenvalue weighted by molar-refractivity contribution is 7.89. The lowest BCUT2D eigenvalue weighted by molar-refractivity contribution is 0.0640. The first-order chi connectivity index (χ1) is 15.9. The van der Waals surface area contributed by atoms with E-state index in [0.29, 0.717) is 25.1 Å². The first kappa shape index (κ1) is 21.2. The standard InChI is InChI=1S/C25H21N3O4S/c29-24-22-7-4-14-26-23(22)25(30)28(24)17-18-8-10-21(11-9-18)33(31,32)27-15-12-20(13-16-27)19-5-2-1-3-6-19/h1-12,14H,13,15-17H2. The summed E-state index contributed by atoms with van der Waals surface area (Å²) in [5, 5.41) is 0. The summed E-state index contributed by atoms with van der Waals surface area (Å²) in [5.41, 5.74) is 3.35. The molecule has 33 heavy (non-hydrogen) atoms. The fraction of sp³-hybridized carbons (Fsp3) is 0.160. The molecule has 0 bridgehead atoms. The second-order valence-electron chi connectivity index (χ2n) is 7.95. The molecule has 0 unspecified atom stereocenters. The molecule has 2 aliphatic rings. The molecule has 7 nitrogen and oxygen atoms in total. The summed E-state index contributed by atoms with van der Waals surface area (Å²) in [6, 6.07) is 19.5. The van der Waals surface area contributed by atoms with Crippen LogP contribution in [0.25, 0.3) is 5.57 Å². The van der Waals surface area contributed by atoms with Crippen molar-refractivity contribution in [2.75, 3.05) is 13.1 Å². The molecule has 2 aromatic carbocycles. The first-order valence-corrected chi connectivity index (χ1v) is 12.0. The van der Waals surface area contributed by atoms with Crippen LogP contribution in [-0.4, -0.2) is 47.5 Å². The Kier molecular flexibility index (Phi) is 5.39. The monoisotopic (exact) mass is 459 g/mol. The van der Waals surface area contributed by atoms with Gasteiger partial charge in [0, 0.05) is 19.3 Å². The Labute approximate surface area is 192 Å². The predicted octanol–water partition coefficient (Wildman–Crippen LogP) is 3.36. The number of imide groups is 1. The Morgan fingerprint density at radius 2 is 1.64 bits per heavy atom. The van der Waals surface area contributed by atoms with Gasteiger partial charge in [-0.15, -0.1) is 0 Å². The Morgan fingerprint density at radius 3 is 2.30 bits per heavy atom. The number of rotatable bonds is 5. The minimum atomic E-state index is -3.65. The van der Waals surface area contributed by atoms with Gasteiger partial charge in [0.05, 0.1) is 17.0 Å². The van der Waals surface area contributed by atoms with Gasteiger partial charge in [0.15, 0.2) is 0 Å². The van der Waals surface area contributed by atoms with Gasteiger partial charge >= 0.3 is 0 Å². The van der Waals surface area contributed by atoms with Crippen LogP contribution in [0.15, 0.2) is 83.9 Å². The SMILES string of the molecule is O=C1c2cccnc2C(=O)N1Cc1ccc(S(=O)(=O)N2CC=C(c3ccccc3)CC2)cc1. The molecule has 0 saturated heterocycles. The van der Waals surface area contributed by atoms with E-state index in [1.165, 1.54) is 22.6 Å². The van der Waals surface area contributed by atoms with Crippen molar-refractivity contribution in [2.24, 2.45) is 0 Å². The average Bonchev–Trinajstić information content (AvgIpc) is 3.10. The molecule has 3 heterocycles. The van der Waals surface area contributed by atoms with Crippen LogP contribution < -0.4 is 0 Å². The van der Waals surface area contributed by atoms with Gasteiger partial charge in [0.1, 0.15) is 5.69 Å². The molecule has 0 fully saturated rings. The third-order valence-corrected chi connectivity index (χ3v) is 7.83. The molecule has 166 valence electrons. The van der Waals surface area contributed by atoms with Crippen LogP contribution in [0.5, 0.6) is 0 Å². The maximum Gasteiger partial charge on any atom is 0.280 e. The van der Waals surface area contributed by atoms with Crippen molar-refractivity contribution in [1.29, 1.82) is 0 Å². The van der Waals surface area contributed by atoms with Gasteiger partial charge in [-0.05, 0) is 47.4 Å². The number of hydrogen-bond acceptors (Lipinski definition) is 5. The average molecular weight is 460 g/mol. The number of carbonyl (C=O) groups is 2. The lowest BCUT2D eigenvalue weighted by atomic mass is 10.0. The van der Waals surface area contributed by atoms with E-state index in [-0.39, 0.29) is 22.7 Å². The largest absolute Gasteiger partial charge is 0.280 e. The molecule has 5 rings (SSSR count). The molecule has 0 spiro atoms. The number of amides is 2. The van der Waals surface area contributed by atoms with E-state index in [4.69, 9.17) is 0 Å². The first-order valence-electron chi connectivity index (χ1n) is 10.6. The van der Waals surface area contributed by atoms with E-state index in [9.17, 15) is 18.0 Å². The summed E-state index contributed by atoms with van der Waals surface area (Å²) in [6.45, 7) is 0.782. The highest BCUT2D eigenvalue weighted by atomic mass is 32.2. The minimum Gasteiger partial charge on any atom is -0.268 e. The van der Waals surface area contributed by atoms with E-state index in [1.54, 1.807) is 24.3 Å². The molecule has 1 aromatic heterocycles. The van der Waals surface area contributed by atoms with Gasteiger partial charge in [0.25, 0.3) is 11.8 Å². The second-order valence-corrected chi connectivity index (χ2v) is 9.89. The van der Waals surface area contributed by atoms with Crippen molar-refractivity contribution in [3.63, 3.8) is 0 Å². The summed E-state index contributed by atoms with van der Waals surface area (Å²) in [6.07, 6.45) is 4.09. The normalized spacial score (nSPS) is 16.6. The molecule has 0 atom stereocenters. The van der Waals surface area contributed by atoms with Gasteiger partial charge in [-0.1, -0.05) is 48.5 Å². The molecular weight excluding hydrogens is 438 g/mol. The Bertz CT molecular complexity index is 1330. The van der Waals surface area contributed by atoms with Crippen molar-refractivity contribution in [3.8, 4) is 0 Å². The fourth-order valence-corrected chi connectivity index (χ4v) is 5.52. The smallest absolute Gasteiger partial charge is 0.268 e. The maximum absolute atomic E-state index is 13.1. The van der Waals surface area contributed by atoms with Crippen LogP contribution in [-0.2, 0) is 16.6 Å². The Balaban J connectivity index is 1.29. The third-order valence-electron chi connectivity index (χ3n) is 5.95. The third kappa shape index (κ3) is 3.88. The number of hydrogen-bond donors (Lipinski definition) is 0. The summed E-state index contributed by atoms with van der Waals surface area (Å²) in [5.74, 6) is -0.837. The number of pyridine rings is 1. The quantitative estimate of drug-likeness (QED) is 0.546. The van der Waals surface area contributed by atoms with E-state index < -0.39 is 21.8 Å². The zero-order chi connectivity index (χ0) is 23.0. The molecule has 2 amide bonds. The van der Waals surface area contributed by atoms with Crippen LogP contribution >= 0.6 is 0 Å². The van der Waals surface area contributed by atoms with Crippen LogP contribution in [0.3, 0.4) is 0 Å².